The summed E-state index contributed by atoms with van der Waals surface area (Å²) in [5, 5.41) is 20.0. The van der Waals surface area contributed by atoms with Crippen LogP contribution in [-0.4, -0.2) is 42.4 Å². The second-order valence-electron chi connectivity index (χ2n) is 4.23. The highest BCUT2D eigenvalue weighted by Crippen LogP contribution is 2.29. The van der Waals surface area contributed by atoms with Crippen LogP contribution in [0.1, 0.15) is 12.5 Å². The Balaban J connectivity index is 3.49. The van der Waals surface area contributed by atoms with Crippen LogP contribution in [-0.2, 0) is 10.0 Å². The van der Waals surface area contributed by atoms with Crippen LogP contribution < -0.4 is 0 Å². The Morgan fingerprint density at radius 2 is 2.05 bits per heavy atom. The Hall–Kier alpha value is -1.51. The summed E-state index contributed by atoms with van der Waals surface area (Å²) >= 11 is 0. The molecule has 0 radical (unpaired) electrons. The lowest BCUT2D eigenvalue weighted by atomic mass is 10.2. The average Bonchev–Trinajstić information content (AvgIpc) is 2.36. The number of sulfonamides is 1. The van der Waals surface area contributed by atoms with Gasteiger partial charge in [0.25, 0.3) is 5.69 Å². The van der Waals surface area contributed by atoms with E-state index >= 15 is 0 Å². The van der Waals surface area contributed by atoms with Gasteiger partial charge in [-0.2, -0.15) is 4.31 Å². The van der Waals surface area contributed by atoms with Gasteiger partial charge in [0.1, 0.15) is 0 Å². The zero-order valence-corrected chi connectivity index (χ0v) is 11.7. The van der Waals surface area contributed by atoms with Gasteiger partial charge in [-0.05, 0) is 19.4 Å². The summed E-state index contributed by atoms with van der Waals surface area (Å²) in [7, 11) is -2.74. The Kier molecular flexibility index (Phi) is 4.61. The SMILES string of the molecule is Cc1cccc([N+](=O)[O-])c1S(=O)(=O)N(C)C(C)CO. The monoisotopic (exact) mass is 288 g/mol. The molecule has 19 heavy (non-hydrogen) atoms. The molecule has 0 bridgehead atoms. The number of nitro benzene ring substituents is 1. The van der Waals surface area contributed by atoms with Gasteiger partial charge in [-0.3, -0.25) is 10.1 Å². The molecule has 0 heterocycles. The molecule has 0 fully saturated rings. The van der Waals surface area contributed by atoms with Gasteiger partial charge in [-0.25, -0.2) is 8.42 Å². The lowest BCUT2D eigenvalue weighted by molar-refractivity contribution is -0.387. The van der Waals surface area contributed by atoms with Gasteiger partial charge in [-0.15, -0.1) is 0 Å². The topological polar surface area (TPSA) is 101 Å². The quantitative estimate of drug-likeness (QED) is 0.641. The molecule has 7 nitrogen and oxygen atoms in total. The number of hydrogen-bond donors (Lipinski definition) is 1. The molecule has 1 aromatic rings. The van der Waals surface area contributed by atoms with E-state index in [1.165, 1.54) is 33.0 Å². The molecule has 1 unspecified atom stereocenters. The van der Waals surface area contributed by atoms with Crippen molar-refractivity contribution in [3.8, 4) is 0 Å². The maximum atomic E-state index is 12.4. The maximum Gasteiger partial charge on any atom is 0.289 e. The second-order valence-corrected chi connectivity index (χ2v) is 6.17. The minimum absolute atomic E-state index is 0.297. The predicted molar refractivity (Wildman–Crippen MR) is 69.3 cm³/mol. The molecule has 8 heteroatoms. The van der Waals surface area contributed by atoms with Gasteiger partial charge in [0.15, 0.2) is 4.90 Å². The van der Waals surface area contributed by atoms with E-state index in [-0.39, 0.29) is 11.5 Å². The third kappa shape index (κ3) is 2.91. The van der Waals surface area contributed by atoms with Gasteiger partial charge in [-0.1, -0.05) is 12.1 Å². The second kappa shape index (κ2) is 5.64. The molecule has 1 atom stereocenters. The molecule has 0 spiro atoms. The summed E-state index contributed by atoms with van der Waals surface area (Å²) < 4.78 is 25.7. The summed E-state index contributed by atoms with van der Waals surface area (Å²) in [4.78, 5) is 9.90. The lowest BCUT2D eigenvalue weighted by Crippen LogP contribution is -2.37. The number of hydrogen-bond acceptors (Lipinski definition) is 5. The molecule has 0 aliphatic heterocycles. The number of likely N-dealkylation sites (N-methyl/N-ethyl adjacent to an activating group) is 1. The largest absolute Gasteiger partial charge is 0.395 e. The van der Waals surface area contributed by atoms with E-state index in [2.05, 4.69) is 0 Å². The molecule has 106 valence electrons. The predicted octanol–water partition coefficient (Wildman–Crippen LogP) is 0.905. The number of benzene rings is 1. The number of aliphatic hydroxyl groups is 1. The fourth-order valence-corrected chi connectivity index (χ4v) is 3.32. The first-order chi connectivity index (χ1) is 8.73. The Morgan fingerprint density at radius 1 is 1.47 bits per heavy atom. The lowest BCUT2D eigenvalue weighted by Gasteiger charge is -2.23. The number of nitrogens with zero attached hydrogens (tertiary/aromatic N) is 2. The van der Waals surface area contributed by atoms with Crippen molar-refractivity contribution in [2.45, 2.75) is 24.8 Å². The molecule has 1 aromatic carbocycles. The maximum absolute atomic E-state index is 12.4. The normalized spacial score (nSPS) is 13.5. The van der Waals surface area contributed by atoms with Crippen LogP contribution >= 0.6 is 0 Å². The highest BCUT2D eigenvalue weighted by molar-refractivity contribution is 7.89. The van der Waals surface area contributed by atoms with Gasteiger partial charge >= 0.3 is 0 Å². The third-order valence-electron chi connectivity index (χ3n) is 2.91. The smallest absolute Gasteiger partial charge is 0.289 e. The summed E-state index contributed by atoms with van der Waals surface area (Å²) in [5.41, 5.74) is -0.164. The van der Waals surface area contributed by atoms with Crippen molar-refractivity contribution in [3.05, 3.63) is 33.9 Å². The van der Waals surface area contributed by atoms with Crippen molar-refractivity contribution < 1.29 is 18.4 Å². The van der Waals surface area contributed by atoms with Gasteiger partial charge in [0.05, 0.1) is 11.5 Å². The number of rotatable bonds is 5. The molecule has 1 rings (SSSR count). The fraction of sp³-hybridized carbons (Fsp3) is 0.455. The highest BCUT2D eigenvalue weighted by Gasteiger charge is 2.33. The number of nitro groups is 1. The van der Waals surface area contributed by atoms with Crippen molar-refractivity contribution in [3.63, 3.8) is 0 Å². The van der Waals surface area contributed by atoms with E-state index in [9.17, 15) is 18.5 Å². The van der Waals surface area contributed by atoms with Crippen molar-refractivity contribution in [2.75, 3.05) is 13.7 Å². The van der Waals surface area contributed by atoms with Gasteiger partial charge in [0.2, 0.25) is 10.0 Å². The first kappa shape index (κ1) is 15.5. The molecule has 1 N–H and O–H groups in total. The molecule has 0 aliphatic rings. The van der Waals surface area contributed by atoms with Crippen molar-refractivity contribution >= 4 is 15.7 Å². The van der Waals surface area contributed by atoms with Crippen LogP contribution in [0.25, 0.3) is 0 Å². The molecule has 0 saturated carbocycles. The molecule has 0 saturated heterocycles. The van der Waals surface area contributed by atoms with Gasteiger partial charge < -0.3 is 5.11 Å². The van der Waals surface area contributed by atoms with E-state index in [0.29, 0.717) is 5.56 Å². The van der Waals surface area contributed by atoms with Crippen LogP contribution in [0, 0.1) is 17.0 Å². The third-order valence-corrected chi connectivity index (χ3v) is 5.08. The minimum Gasteiger partial charge on any atom is -0.395 e. The standard InChI is InChI=1S/C11H16N2O5S/c1-8-5-4-6-10(13(15)16)11(8)19(17,18)12(3)9(2)7-14/h4-6,9,14H,7H2,1-3H3. The van der Waals surface area contributed by atoms with Crippen molar-refractivity contribution in [1.29, 1.82) is 0 Å². The molecule has 0 aliphatic carbocycles. The summed E-state index contributed by atoms with van der Waals surface area (Å²) in [6.45, 7) is 2.65. The van der Waals surface area contributed by atoms with Crippen LogP contribution in [0.5, 0.6) is 0 Å². The average molecular weight is 288 g/mol. The summed E-state index contributed by atoms with van der Waals surface area (Å²) in [5.74, 6) is 0. The zero-order chi connectivity index (χ0) is 14.8. The molecule has 0 aromatic heterocycles. The van der Waals surface area contributed by atoms with Crippen LogP contribution in [0.2, 0.25) is 0 Å². The van der Waals surface area contributed by atoms with E-state index < -0.39 is 26.7 Å². The Bertz CT molecular complexity index is 585. The van der Waals surface area contributed by atoms with Gasteiger partial charge in [0, 0.05) is 19.2 Å². The van der Waals surface area contributed by atoms with E-state index in [4.69, 9.17) is 5.11 Å². The van der Waals surface area contributed by atoms with E-state index in [0.717, 1.165) is 10.4 Å². The molecular formula is C11H16N2O5S. The highest BCUT2D eigenvalue weighted by atomic mass is 32.2. The van der Waals surface area contributed by atoms with Crippen LogP contribution in [0.3, 0.4) is 0 Å². The molecular weight excluding hydrogens is 272 g/mol. The first-order valence-corrected chi connectivity index (χ1v) is 7.00. The Labute approximate surface area is 111 Å². The Morgan fingerprint density at radius 3 is 2.53 bits per heavy atom. The van der Waals surface area contributed by atoms with Crippen LogP contribution in [0.4, 0.5) is 5.69 Å². The van der Waals surface area contributed by atoms with Crippen molar-refractivity contribution in [1.82, 2.24) is 4.31 Å². The number of aliphatic hydroxyl groups excluding tert-OH is 1. The minimum atomic E-state index is -4.02. The number of aryl methyl sites for hydroxylation is 1. The first-order valence-electron chi connectivity index (χ1n) is 5.56. The molecule has 0 amide bonds. The fourth-order valence-electron chi connectivity index (χ4n) is 1.61. The van der Waals surface area contributed by atoms with Crippen LogP contribution in [0.15, 0.2) is 23.1 Å². The summed E-state index contributed by atoms with van der Waals surface area (Å²) in [6, 6.07) is 3.42. The zero-order valence-electron chi connectivity index (χ0n) is 10.9. The van der Waals surface area contributed by atoms with E-state index in [1.54, 1.807) is 0 Å². The van der Waals surface area contributed by atoms with Crippen molar-refractivity contribution in [2.24, 2.45) is 0 Å². The summed E-state index contributed by atoms with van der Waals surface area (Å²) in [6.07, 6.45) is 0. The van der Waals surface area contributed by atoms with E-state index in [1.807, 2.05) is 0 Å².